The zero-order chi connectivity index (χ0) is 15.5. The number of nitrogens with one attached hydrogen (secondary N) is 1. The maximum Gasteiger partial charge on any atom is 0.244 e. The SMILES string of the molecule is CCNCc1cc(S(=O)(=O)N2CCC(OC)CC2)cn1C. The summed E-state index contributed by atoms with van der Waals surface area (Å²) >= 11 is 0. The molecule has 0 bridgehead atoms. The molecule has 0 unspecified atom stereocenters. The molecule has 2 heterocycles. The lowest BCUT2D eigenvalue weighted by Crippen LogP contribution is -2.40. The summed E-state index contributed by atoms with van der Waals surface area (Å²) in [4.78, 5) is 0.383. The molecule has 1 aromatic rings. The molecule has 2 rings (SSSR count). The van der Waals surface area contributed by atoms with E-state index >= 15 is 0 Å². The van der Waals surface area contributed by atoms with Gasteiger partial charge in [-0.2, -0.15) is 4.31 Å². The van der Waals surface area contributed by atoms with E-state index in [1.165, 1.54) is 0 Å². The van der Waals surface area contributed by atoms with Gasteiger partial charge in [-0.15, -0.1) is 0 Å². The van der Waals surface area contributed by atoms with E-state index in [0.29, 0.717) is 24.5 Å². The van der Waals surface area contributed by atoms with E-state index < -0.39 is 10.0 Å². The third-order valence-corrected chi connectivity index (χ3v) is 5.87. The number of methoxy groups -OCH3 is 1. The molecule has 21 heavy (non-hydrogen) atoms. The average molecular weight is 315 g/mol. The quantitative estimate of drug-likeness (QED) is 0.848. The van der Waals surface area contributed by atoms with Crippen LogP contribution in [0.3, 0.4) is 0 Å². The van der Waals surface area contributed by atoms with E-state index in [-0.39, 0.29) is 6.10 Å². The van der Waals surface area contributed by atoms with Crippen molar-refractivity contribution in [3.8, 4) is 0 Å². The predicted molar refractivity (Wildman–Crippen MR) is 81.6 cm³/mol. The molecule has 0 radical (unpaired) electrons. The zero-order valence-corrected chi connectivity index (χ0v) is 13.8. The zero-order valence-electron chi connectivity index (χ0n) is 13.0. The van der Waals surface area contributed by atoms with Crippen LogP contribution in [0.4, 0.5) is 0 Å². The van der Waals surface area contributed by atoms with Crippen molar-refractivity contribution in [3.63, 3.8) is 0 Å². The summed E-state index contributed by atoms with van der Waals surface area (Å²) in [6.45, 7) is 4.61. The number of ether oxygens (including phenoxy) is 1. The third kappa shape index (κ3) is 3.66. The minimum Gasteiger partial charge on any atom is -0.381 e. The van der Waals surface area contributed by atoms with Gasteiger partial charge in [-0.05, 0) is 25.5 Å². The third-order valence-electron chi connectivity index (χ3n) is 4.01. The Bertz CT molecular complexity index is 560. The first-order valence-corrected chi connectivity index (χ1v) is 8.82. The van der Waals surface area contributed by atoms with Crippen LogP contribution in [0.15, 0.2) is 17.2 Å². The molecule has 1 N–H and O–H groups in total. The fourth-order valence-electron chi connectivity index (χ4n) is 2.60. The molecule has 0 spiro atoms. The van der Waals surface area contributed by atoms with Crippen molar-refractivity contribution >= 4 is 10.0 Å². The summed E-state index contributed by atoms with van der Waals surface area (Å²) in [7, 11) is 0.166. The number of aryl methyl sites for hydroxylation is 1. The van der Waals surface area contributed by atoms with Crippen molar-refractivity contribution in [1.29, 1.82) is 0 Å². The summed E-state index contributed by atoms with van der Waals surface area (Å²) in [5.74, 6) is 0. The molecule has 0 amide bonds. The molecule has 0 aromatic carbocycles. The van der Waals surface area contributed by atoms with Crippen molar-refractivity contribution in [3.05, 3.63) is 18.0 Å². The van der Waals surface area contributed by atoms with Gasteiger partial charge in [-0.1, -0.05) is 6.92 Å². The Morgan fingerprint density at radius 3 is 2.62 bits per heavy atom. The number of rotatable bonds is 6. The summed E-state index contributed by atoms with van der Waals surface area (Å²) in [6.07, 6.45) is 3.39. The summed E-state index contributed by atoms with van der Waals surface area (Å²) < 4.78 is 34.1. The molecule has 6 nitrogen and oxygen atoms in total. The molecule has 1 aliphatic rings. The smallest absolute Gasteiger partial charge is 0.244 e. The van der Waals surface area contributed by atoms with Crippen LogP contribution in [0.1, 0.15) is 25.5 Å². The van der Waals surface area contributed by atoms with Gasteiger partial charge in [-0.25, -0.2) is 8.42 Å². The first-order valence-electron chi connectivity index (χ1n) is 7.38. The Kier molecular flexibility index (Phi) is 5.43. The lowest BCUT2D eigenvalue weighted by atomic mass is 10.1. The molecule has 1 aliphatic heterocycles. The highest BCUT2D eigenvalue weighted by Crippen LogP contribution is 2.23. The Morgan fingerprint density at radius 1 is 1.38 bits per heavy atom. The number of hydrogen-bond acceptors (Lipinski definition) is 4. The van der Waals surface area contributed by atoms with Gasteiger partial charge in [0.05, 0.1) is 6.10 Å². The number of sulfonamides is 1. The maximum atomic E-state index is 12.7. The van der Waals surface area contributed by atoms with E-state index in [0.717, 1.165) is 25.1 Å². The van der Waals surface area contributed by atoms with Crippen LogP contribution in [0, 0.1) is 0 Å². The summed E-state index contributed by atoms with van der Waals surface area (Å²) in [5.41, 5.74) is 0.974. The molecule has 0 saturated carbocycles. The lowest BCUT2D eigenvalue weighted by molar-refractivity contribution is 0.0604. The van der Waals surface area contributed by atoms with Gasteiger partial charge in [0.15, 0.2) is 0 Å². The van der Waals surface area contributed by atoms with Gasteiger partial charge in [0.25, 0.3) is 0 Å². The molecule has 1 fully saturated rings. The molecule has 0 atom stereocenters. The van der Waals surface area contributed by atoms with Gasteiger partial charge in [0.2, 0.25) is 10.0 Å². The minimum atomic E-state index is -3.39. The van der Waals surface area contributed by atoms with Crippen LogP contribution in [0.25, 0.3) is 0 Å². The van der Waals surface area contributed by atoms with E-state index in [9.17, 15) is 8.42 Å². The predicted octanol–water partition coefficient (Wildman–Crippen LogP) is 0.934. The molecule has 1 saturated heterocycles. The number of hydrogen-bond donors (Lipinski definition) is 1. The Labute approximate surface area is 127 Å². The van der Waals surface area contributed by atoms with Crippen molar-refractivity contribution in [2.75, 3.05) is 26.7 Å². The second-order valence-corrected chi connectivity index (χ2v) is 7.34. The number of nitrogens with zero attached hydrogens (tertiary/aromatic N) is 2. The highest BCUT2D eigenvalue weighted by atomic mass is 32.2. The van der Waals surface area contributed by atoms with Gasteiger partial charge < -0.3 is 14.6 Å². The van der Waals surface area contributed by atoms with Crippen molar-refractivity contribution in [2.24, 2.45) is 7.05 Å². The van der Waals surface area contributed by atoms with Gasteiger partial charge in [0, 0.05) is 45.7 Å². The summed E-state index contributed by atoms with van der Waals surface area (Å²) in [6, 6.07) is 1.76. The second kappa shape index (κ2) is 6.91. The van der Waals surface area contributed by atoms with Crippen LogP contribution in [0.5, 0.6) is 0 Å². The fraction of sp³-hybridized carbons (Fsp3) is 0.714. The maximum absolute atomic E-state index is 12.7. The molecule has 0 aliphatic carbocycles. The van der Waals surface area contributed by atoms with E-state index in [2.05, 4.69) is 5.32 Å². The van der Waals surface area contributed by atoms with E-state index in [1.54, 1.807) is 23.7 Å². The highest BCUT2D eigenvalue weighted by molar-refractivity contribution is 7.89. The summed E-state index contributed by atoms with van der Waals surface area (Å²) in [5, 5.41) is 3.22. The Balaban J connectivity index is 2.13. The van der Waals surface area contributed by atoms with Crippen LogP contribution in [-0.2, 0) is 28.4 Å². The fourth-order valence-corrected chi connectivity index (χ4v) is 4.17. The molecule has 120 valence electrons. The Hall–Kier alpha value is -0.890. The van der Waals surface area contributed by atoms with Crippen LogP contribution in [0.2, 0.25) is 0 Å². The molecular weight excluding hydrogens is 290 g/mol. The highest BCUT2D eigenvalue weighted by Gasteiger charge is 2.30. The standard InChI is InChI=1S/C14H25N3O3S/c1-4-15-10-12-9-14(11-16(12)2)21(18,19)17-7-5-13(20-3)6-8-17/h9,11,13,15H,4-8,10H2,1-3H3. The normalized spacial score (nSPS) is 18.2. The van der Waals surface area contributed by atoms with Crippen molar-refractivity contribution in [1.82, 2.24) is 14.2 Å². The van der Waals surface area contributed by atoms with Crippen molar-refractivity contribution in [2.45, 2.75) is 37.3 Å². The molecule has 1 aromatic heterocycles. The lowest BCUT2D eigenvalue weighted by Gasteiger charge is -2.30. The van der Waals surface area contributed by atoms with E-state index in [1.807, 2.05) is 18.5 Å². The average Bonchev–Trinajstić information content (AvgIpc) is 2.87. The monoisotopic (exact) mass is 315 g/mol. The van der Waals surface area contributed by atoms with Gasteiger partial charge >= 0.3 is 0 Å². The molecule has 7 heteroatoms. The van der Waals surface area contributed by atoms with Crippen LogP contribution >= 0.6 is 0 Å². The van der Waals surface area contributed by atoms with Crippen LogP contribution in [-0.4, -0.2) is 50.1 Å². The minimum absolute atomic E-state index is 0.177. The number of aromatic nitrogens is 1. The first-order chi connectivity index (χ1) is 9.98. The van der Waals surface area contributed by atoms with Gasteiger partial charge in [0.1, 0.15) is 4.90 Å². The Morgan fingerprint density at radius 2 is 2.05 bits per heavy atom. The number of piperidine rings is 1. The van der Waals surface area contributed by atoms with Crippen molar-refractivity contribution < 1.29 is 13.2 Å². The van der Waals surface area contributed by atoms with E-state index in [4.69, 9.17) is 4.74 Å². The second-order valence-electron chi connectivity index (χ2n) is 5.40. The topological polar surface area (TPSA) is 63.6 Å². The first kappa shape index (κ1) is 16.5. The largest absolute Gasteiger partial charge is 0.381 e. The van der Waals surface area contributed by atoms with Gasteiger partial charge in [-0.3, -0.25) is 0 Å². The molecular formula is C14H25N3O3S. The van der Waals surface area contributed by atoms with Crippen LogP contribution < -0.4 is 5.32 Å².